The van der Waals surface area contributed by atoms with E-state index in [4.69, 9.17) is 28.3 Å². The lowest BCUT2D eigenvalue weighted by Crippen LogP contribution is -2.37. The summed E-state index contributed by atoms with van der Waals surface area (Å²) in [5.41, 5.74) is 0.0739. The van der Waals surface area contributed by atoms with Gasteiger partial charge in [-0.3, -0.25) is 9.59 Å². The molecule has 8 heteroatoms. The van der Waals surface area contributed by atoms with Crippen LogP contribution >= 0.6 is 23.2 Å². The minimum absolute atomic E-state index is 0.0359. The molecule has 1 aliphatic carbocycles. The molecule has 1 heterocycles. The van der Waals surface area contributed by atoms with E-state index in [1.165, 1.54) is 11.0 Å². The molecule has 1 N–H and O–H groups in total. The van der Waals surface area contributed by atoms with Crippen molar-refractivity contribution in [2.75, 3.05) is 6.54 Å². The predicted octanol–water partition coefficient (Wildman–Crippen LogP) is 1.47. The number of carbonyl (C=O) groups excluding carboxylic acids is 1. The van der Waals surface area contributed by atoms with Gasteiger partial charge in [0.25, 0.3) is 5.91 Å². The topological polar surface area (TPSA) is 83.4 Å². The van der Waals surface area contributed by atoms with Crippen LogP contribution in [0.15, 0.2) is 6.07 Å². The van der Waals surface area contributed by atoms with Gasteiger partial charge in [0.1, 0.15) is 6.54 Å². The molecule has 1 fully saturated rings. The number of hydrogen-bond donors (Lipinski definition) is 1. The molecule has 1 aliphatic rings. The van der Waals surface area contributed by atoms with E-state index in [2.05, 4.69) is 10.2 Å². The molecule has 0 unspecified atom stereocenters. The number of carboxylic acid groups (broad SMARTS) is 1. The standard InChI is InChI=1S/C10H9Cl2N3O3/c11-7-3-6(9(12)14-13-7)10(18)15(4-8(16)17)5-1-2-5/h3,5H,1-2,4H2,(H,16,17). The molecular weight excluding hydrogens is 281 g/mol. The van der Waals surface area contributed by atoms with E-state index >= 15 is 0 Å². The van der Waals surface area contributed by atoms with Crippen molar-refractivity contribution in [3.05, 3.63) is 21.9 Å². The van der Waals surface area contributed by atoms with Crippen molar-refractivity contribution in [1.29, 1.82) is 0 Å². The number of rotatable bonds is 4. The van der Waals surface area contributed by atoms with E-state index in [9.17, 15) is 9.59 Å². The molecule has 0 radical (unpaired) electrons. The lowest BCUT2D eigenvalue weighted by Gasteiger charge is -2.20. The largest absolute Gasteiger partial charge is 0.480 e. The Hall–Kier alpha value is -1.40. The molecule has 2 rings (SSSR count). The molecule has 1 aromatic heterocycles. The molecule has 18 heavy (non-hydrogen) atoms. The number of carboxylic acids is 1. The quantitative estimate of drug-likeness (QED) is 0.907. The molecule has 6 nitrogen and oxygen atoms in total. The monoisotopic (exact) mass is 289 g/mol. The minimum Gasteiger partial charge on any atom is -0.480 e. The van der Waals surface area contributed by atoms with Gasteiger partial charge in [-0.05, 0) is 18.9 Å². The van der Waals surface area contributed by atoms with Crippen LogP contribution in [0.3, 0.4) is 0 Å². The predicted molar refractivity (Wildman–Crippen MR) is 63.7 cm³/mol. The summed E-state index contributed by atoms with van der Waals surface area (Å²) in [6.45, 7) is -0.361. The number of aliphatic carboxylic acids is 1. The van der Waals surface area contributed by atoms with Gasteiger partial charge < -0.3 is 10.0 Å². The van der Waals surface area contributed by atoms with E-state index < -0.39 is 11.9 Å². The molecule has 0 spiro atoms. The Morgan fingerprint density at radius 1 is 1.39 bits per heavy atom. The highest BCUT2D eigenvalue weighted by atomic mass is 35.5. The van der Waals surface area contributed by atoms with Gasteiger partial charge in [0, 0.05) is 6.04 Å². The van der Waals surface area contributed by atoms with Gasteiger partial charge in [-0.1, -0.05) is 23.2 Å². The van der Waals surface area contributed by atoms with Crippen molar-refractivity contribution in [3.63, 3.8) is 0 Å². The second kappa shape index (κ2) is 5.07. The summed E-state index contributed by atoms with van der Waals surface area (Å²) in [6.07, 6.45) is 1.59. The average Bonchev–Trinajstić information content (AvgIpc) is 3.12. The molecule has 0 bridgehead atoms. The van der Waals surface area contributed by atoms with Crippen molar-refractivity contribution in [1.82, 2.24) is 15.1 Å². The molecule has 0 atom stereocenters. The number of carbonyl (C=O) groups is 2. The second-order valence-electron chi connectivity index (χ2n) is 3.93. The summed E-state index contributed by atoms with van der Waals surface area (Å²) in [6, 6.07) is 1.24. The zero-order chi connectivity index (χ0) is 13.3. The van der Waals surface area contributed by atoms with E-state index in [0.717, 1.165) is 12.8 Å². The summed E-state index contributed by atoms with van der Waals surface area (Å²) < 4.78 is 0. The van der Waals surface area contributed by atoms with Crippen LogP contribution in [0.5, 0.6) is 0 Å². The maximum absolute atomic E-state index is 12.2. The number of hydrogen-bond acceptors (Lipinski definition) is 4. The highest BCUT2D eigenvalue weighted by Gasteiger charge is 2.35. The van der Waals surface area contributed by atoms with Gasteiger partial charge in [-0.15, -0.1) is 10.2 Å². The maximum atomic E-state index is 12.2. The molecule has 0 aromatic carbocycles. The summed E-state index contributed by atoms with van der Waals surface area (Å²) in [5, 5.41) is 15.8. The molecule has 1 amide bonds. The van der Waals surface area contributed by atoms with Crippen LogP contribution in [0.1, 0.15) is 23.2 Å². The number of aromatic nitrogens is 2. The first-order chi connectivity index (χ1) is 8.49. The lowest BCUT2D eigenvalue weighted by atomic mass is 10.2. The normalized spacial score (nSPS) is 14.3. The van der Waals surface area contributed by atoms with Crippen molar-refractivity contribution in [3.8, 4) is 0 Å². The Balaban J connectivity index is 2.27. The third-order valence-electron chi connectivity index (χ3n) is 2.50. The Labute approximate surface area is 113 Å². The van der Waals surface area contributed by atoms with Gasteiger partial charge >= 0.3 is 5.97 Å². The fourth-order valence-corrected chi connectivity index (χ4v) is 1.88. The van der Waals surface area contributed by atoms with Crippen molar-refractivity contribution >= 4 is 35.1 Å². The zero-order valence-corrected chi connectivity index (χ0v) is 10.6. The summed E-state index contributed by atoms with van der Waals surface area (Å²) in [7, 11) is 0. The van der Waals surface area contributed by atoms with Crippen LogP contribution in [-0.4, -0.2) is 44.7 Å². The van der Waals surface area contributed by atoms with E-state index in [0.29, 0.717) is 0 Å². The van der Waals surface area contributed by atoms with Crippen LogP contribution in [0, 0.1) is 0 Å². The van der Waals surface area contributed by atoms with Gasteiger partial charge in [-0.2, -0.15) is 0 Å². The fraction of sp³-hybridized carbons (Fsp3) is 0.400. The Morgan fingerprint density at radius 3 is 2.61 bits per heavy atom. The Kier molecular flexibility index (Phi) is 3.68. The number of nitrogens with zero attached hydrogens (tertiary/aromatic N) is 3. The average molecular weight is 290 g/mol. The van der Waals surface area contributed by atoms with Gasteiger partial charge in [0.15, 0.2) is 10.3 Å². The smallest absolute Gasteiger partial charge is 0.323 e. The molecule has 1 saturated carbocycles. The minimum atomic E-state index is -1.07. The Morgan fingerprint density at radius 2 is 2.06 bits per heavy atom. The first kappa shape index (κ1) is 13.0. The van der Waals surface area contributed by atoms with Crippen molar-refractivity contribution in [2.45, 2.75) is 18.9 Å². The highest BCUT2D eigenvalue weighted by molar-refractivity contribution is 6.34. The SMILES string of the molecule is O=C(O)CN(C(=O)c1cc(Cl)nnc1Cl)C1CC1. The van der Waals surface area contributed by atoms with E-state index in [-0.39, 0.29) is 28.5 Å². The third kappa shape index (κ3) is 2.88. The van der Waals surface area contributed by atoms with Crippen LogP contribution in [0.4, 0.5) is 0 Å². The van der Waals surface area contributed by atoms with E-state index in [1.54, 1.807) is 0 Å². The lowest BCUT2D eigenvalue weighted by molar-refractivity contribution is -0.137. The molecule has 1 aromatic rings. The maximum Gasteiger partial charge on any atom is 0.323 e. The first-order valence-corrected chi connectivity index (χ1v) is 5.96. The van der Waals surface area contributed by atoms with Crippen LogP contribution in [0.2, 0.25) is 10.3 Å². The van der Waals surface area contributed by atoms with Gasteiger partial charge in [-0.25, -0.2) is 0 Å². The number of amides is 1. The molecule has 96 valence electrons. The molecular formula is C10H9Cl2N3O3. The third-order valence-corrected chi connectivity index (χ3v) is 2.97. The van der Waals surface area contributed by atoms with Crippen LogP contribution in [0.25, 0.3) is 0 Å². The number of halogens is 2. The summed E-state index contributed by atoms with van der Waals surface area (Å²) in [5.74, 6) is -1.55. The molecule has 0 aliphatic heterocycles. The first-order valence-electron chi connectivity index (χ1n) is 5.20. The van der Waals surface area contributed by atoms with Gasteiger partial charge in [0.05, 0.1) is 5.56 Å². The summed E-state index contributed by atoms with van der Waals surface area (Å²) >= 11 is 11.4. The summed E-state index contributed by atoms with van der Waals surface area (Å²) in [4.78, 5) is 24.2. The second-order valence-corrected chi connectivity index (χ2v) is 4.67. The zero-order valence-electron chi connectivity index (χ0n) is 9.14. The van der Waals surface area contributed by atoms with Crippen LogP contribution in [-0.2, 0) is 4.79 Å². The van der Waals surface area contributed by atoms with Crippen molar-refractivity contribution in [2.24, 2.45) is 0 Å². The fourth-order valence-electron chi connectivity index (χ4n) is 1.56. The van der Waals surface area contributed by atoms with Crippen LogP contribution < -0.4 is 0 Å². The van der Waals surface area contributed by atoms with Crippen molar-refractivity contribution < 1.29 is 14.7 Å². The van der Waals surface area contributed by atoms with Gasteiger partial charge in [0.2, 0.25) is 0 Å². The highest BCUT2D eigenvalue weighted by Crippen LogP contribution is 2.29. The molecule has 0 saturated heterocycles. The Bertz CT molecular complexity index is 505. The van der Waals surface area contributed by atoms with E-state index in [1.807, 2.05) is 0 Å².